The number of likely N-dealkylation sites (N-methyl/N-ethyl adjacent to an activating group) is 1. The number of aromatic nitrogens is 3. The van der Waals surface area contributed by atoms with Gasteiger partial charge in [0.05, 0.1) is 5.69 Å². The average Bonchev–Trinajstić information content (AvgIpc) is 2.66. The minimum absolute atomic E-state index is 0.00879. The summed E-state index contributed by atoms with van der Waals surface area (Å²) in [5, 5.41) is 9.26. The van der Waals surface area contributed by atoms with Crippen molar-refractivity contribution in [2.75, 3.05) is 27.9 Å². The Kier molecular flexibility index (Phi) is 5.59. The largest absolute Gasteiger partial charge is 0.433 e. The fraction of sp³-hybridized carbons (Fsp3) is 0.524. The number of nitrogens with zero attached hydrogens (tertiary/aromatic N) is 4. The van der Waals surface area contributed by atoms with E-state index in [9.17, 15) is 18.0 Å². The first-order valence-electron chi connectivity index (χ1n) is 10.5. The second-order valence-corrected chi connectivity index (χ2v) is 8.68. The van der Waals surface area contributed by atoms with Crippen LogP contribution >= 0.6 is 0 Å². The quantitative estimate of drug-likeness (QED) is 0.641. The number of hydrogen-bond donors (Lipinski definition) is 3. The highest BCUT2D eigenvalue weighted by molar-refractivity contribution is 6.03. The maximum atomic E-state index is 12.8. The van der Waals surface area contributed by atoms with Gasteiger partial charge in [0.1, 0.15) is 23.2 Å². The molecule has 11 heteroatoms. The molecule has 3 N–H and O–H groups in total. The van der Waals surface area contributed by atoms with Crippen LogP contribution in [0.4, 0.5) is 36.4 Å². The Morgan fingerprint density at radius 1 is 1.12 bits per heavy atom. The van der Waals surface area contributed by atoms with Gasteiger partial charge in [-0.05, 0) is 37.8 Å². The Bertz CT molecular complexity index is 1020. The van der Waals surface area contributed by atoms with Crippen molar-refractivity contribution in [3.05, 3.63) is 29.6 Å². The van der Waals surface area contributed by atoms with Gasteiger partial charge in [-0.2, -0.15) is 18.2 Å². The predicted molar refractivity (Wildman–Crippen MR) is 116 cm³/mol. The van der Waals surface area contributed by atoms with E-state index in [0.717, 1.165) is 6.07 Å². The molecule has 1 amide bonds. The van der Waals surface area contributed by atoms with Gasteiger partial charge < -0.3 is 20.9 Å². The van der Waals surface area contributed by atoms with Crippen LogP contribution in [-0.2, 0) is 11.0 Å². The highest BCUT2D eigenvalue weighted by Gasteiger charge is 2.37. The molecule has 32 heavy (non-hydrogen) atoms. The number of hydrogen-bond acceptors (Lipinski definition) is 7. The number of pyridine rings is 1. The summed E-state index contributed by atoms with van der Waals surface area (Å²) in [6, 6.07) is 3.60. The molecule has 2 aromatic heterocycles. The van der Waals surface area contributed by atoms with E-state index < -0.39 is 11.9 Å². The van der Waals surface area contributed by atoms with Crippen molar-refractivity contribution in [2.45, 2.75) is 57.9 Å². The average molecular weight is 449 g/mol. The molecule has 1 atom stereocenters. The molecule has 2 aliphatic rings. The molecule has 1 fully saturated rings. The Balaban J connectivity index is 1.40. The van der Waals surface area contributed by atoms with Crippen molar-refractivity contribution in [3.63, 3.8) is 0 Å². The Hall–Kier alpha value is -3.11. The van der Waals surface area contributed by atoms with Crippen LogP contribution in [0.2, 0.25) is 0 Å². The van der Waals surface area contributed by atoms with Crippen LogP contribution in [0.25, 0.3) is 0 Å². The molecular weight excluding hydrogens is 423 g/mol. The minimum Gasteiger partial charge on any atom is -0.367 e. The van der Waals surface area contributed by atoms with E-state index in [4.69, 9.17) is 0 Å². The van der Waals surface area contributed by atoms with Gasteiger partial charge in [-0.3, -0.25) is 4.79 Å². The molecule has 0 radical (unpaired) electrons. The van der Waals surface area contributed by atoms with Crippen LogP contribution in [-0.4, -0.2) is 46.0 Å². The zero-order chi connectivity index (χ0) is 23.2. The first kappa shape index (κ1) is 22.1. The third-order valence-corrected chi connectivity index (χ3v) is 5.83. The van der Waals surface area contributed by atoms with Crippen LogP contribution in [0, 0.1) is 12.8 Å². The standard InChI is InChI=1S/C21H26F3N7O/c1-10(2)17-19(32)29-16-11(3)25-20(30-18(16)31(17)4)27-13-8-12(9-13)26-15-7-5-6-14(28-15)21(22,23)24/h5-7,10,12-13,17H,8-9H2,1-4H3,(H,26,28)(H,29,32)(H,25,27,30)/t12-,13-,17-/m0/s1. The third kappa shape index (κ3) is 4.28. The summed E-state index contributed by atoms with van der Waals surface area (Å²) in [7, 11) is 1.85. The molecular formula is C21H26F3N7O. The zero-order valence-corrected chi connectivity index (χ0v) is 18.3. The zero-order valence-electron chi connectivity index (χ0n) is 18.3. The summed E-state index contributed by atoms with van der Waals surface area (Å²) in [5.74, 6) is 1.38. The molecule has 0 bridgehead atoms. The molecule has 8 nitrogen and oxygen atoms in total. The summed E-state index contributed by atoms with van der Waals surface area (Å²) in [5.41, 5.74) is 0.371. The maximum absolute atomic E-state index is 12.8. The molecule has 4 rings (SSSR count). The maximum Gasteiger partial charge on any atom is 0.433 e. The first-order chi connectivity index (χ1) is 15.0. The monoisotopic (exact) mass is 449 g/mol. The SMILES string of the molecule is Cc1nc(N[C@H]2C[C@H](Nc3cccc(C(F)(F)F)n3)C2)nc2c1NC(=O)[C@H](C(C)C)N2C. The van der Waals surface area contributed by atoms with Crippen molar-refractivity contribution in [1.82, 2.24) is 15.0 Å². The second kappa shape index (κ2) is 8.10. The number of anilines is 4. The molecule has 0 aromatic carbocycles. The van der Waals surface area contributed by atoms with Crippen molar-refractivity contribution in [3.8, 4) is 0 Å². The van der Waals surface area contributed by atoms with Gasteiger partial charge in [0.15, 0.2) is 5.82 Å². The van der Waals surface area contributed by atoms with Crippen LogP contribution in [0.15, 0.2) is 18.2 Å². The Labute approximate surface area is 184 Å². The number of fused-ring (bicyclic) bond motifs is 1. The molecule has 1 aliphatic heterocycles. The van der Waals surface area contributed by atoms with Crippen molar-refractivity contribution >= 4 is 29.2 Å². The van der Waals surface area contributed by atoms with E-state index in [1.807, 2.05) is 32.7 Å². The van der Waals surface area contributed by atoms with Crippen LogP contribution in [0.1, 0.15) is 38.1 Å². The van der Waals surface area contributed by atoms with Gasteiger partial charge in [-0.15, -0.1) is 0 Å². The number of carbonyl (C=O) groups is 1. The van der Waals surface area contributed by atoms with Crippen molar-refractivity contribution in [1.29, 1.82) is 0 Å². The number of nitrogens with one attached hydrogen (secondary N) is 3. The number of halogens is 3. The van der Waals surface area contributed by atoms with E-state index in [-0.39, 0.29) is 35.8 Å². The third-order valence-electron chi connectivity index (χ3n) is 5.83. The van der Waals surface area contributed by atoms with Gasteiger partial charge in [-0.1, -0.05) is 19.9 Å². The van der Waals surface area contributed by atoms with E-state index in [0.29, 0.717) is 36.0 Å². The molecule has 0 spiro atoms. The molecule has 172 valence electrons. The van der Waals surface area contributed by atoms with Gasteiger partial charge >= 0.3 is 6.18 Å². The first-order valence-corrected chi connectivity index (χ1v) is 10.5. The van der Waals surface area contributed by atoms with E-state index in [2.05, 4.69) is 30.9 Å². The summed E-state index contributed by atoms with van der Waals surface area (Å²) >= 11 is 0. The van der Waals surface area contributed by atoms with Gasteiger partial charge in [0, 0.05) is 19.1 Å². The Morgan fingerprint density at radius 2 is 1.81 bits per heavy atom. The lowest BCUT2D eigenvalue weighted by atomic mass is 9.87. The second-order valence-electron chi connectivity index (χ2n) is 8.68. The number of rotatable bonds is 5. The van der Waals surface area contributed by atoms with Crippen LogP contribution in [0.5, 0.6) is 0 Å². The van der Waals surface area contributed by atoms with Crippen molar-refractivity contribution in [2.24, 2.45) is 5.92 Å². The number of carbonyl (C=O) groups excluding carboxylic acids is 1. The number of alkyl halides is 3. The van der Waals surface area contributed by atoms with Gasteiger partial charge in [-0.25, -0.2) is 9.97 Å². The van der Waals surface area contributed by atoms with E-state index in [1.165, 1.54) is 12.1 Å². The fourth-order valence-electron chi connectivity index (χ4n) is 4.20. The lowest BCUT2D eigenvalue weighted by molar-refractivity contribution is -0.141. The molecule has 0 saturated heterocycles. The summed E-state index contributed by atoms with van der Waals surface area (Å²) in [6.07, 6.45) is -3.08. The fourth-order valence-corrected chi connectivity index (χ4v) is 4.20. The molecule has 1 saturated carbocycles. The highest BCUT2D eigenvalue weighted by atomic mass is 19.4. The summed E-state index contributed by atoms with van der Waals surface area (Å²) < 4.78 is 38.5. The van der Waals surface area contributed by atoms with E-state index in [1.54, 1.807) is 0 Å². The number of amides is 1. The van der Waals surface area contributed by atoms with Crippen molar-refractivity contribution < 1.29 is 18.0 Å². The summed E-state index contributed by atoms with van der Waals surface area (Å²) in [4.78, 5) is 27.1. The molecule has 1 aliphatic carbocycles. The number of aryl methyl sites for hydroxylation is 1. The lowest BCUT2D eigenvalue weighted by Crippen LogP contribution is -2.50. The highest BCUT2D eigenvalue weighted by Crippen LogP contribution is 2.35. The molecule has 3 heterocycles. The van der Waals surface area contributed by atoms with Crippen LogP contribution < -0.4 is 20.9 Å². The van der Waals surface area contributed by atoms with Gasteiger partial charge in [0.25, 0.3) is 0 Å². The normalized spacial score (nSPS) is 22.8. The van der Waals surface area contributed by atoms with Gasteiger partial charge in [0.2, 0.25) is 11.9 Å². The smallest absolute Gasteiger partial charge is 0.367 e. The van der Waals surface area contributed by atoms with E-state index >= 15 is 0 Å². The lowest BCUT2D eigenvalue weighted by Gasteiger charge is -2.38. The topological polar surface area (TPSA) is 95.1 Å². The summed E-state index contributed by atoms with van der Waals surface area (Å²) in [6.45, 7) is 5.79. The minimum atomic E-state index is -4.47. The molecule has 0 unspecified atom stereocenters. The predicted octanol–water partition coefficient (Wildman–Crippen LogP) is 3.67. The molecule has 2 aromatic rings. The van der Waals surface area contributed by atoms with Crippen LogP contribution in [0.3, 0.4) is 0 Å². The Morgan fingerprint density at radius 3 is 2.47 bits per heavy atom.